The Labute approximate surface area is 147 Å². The summed E-state index contributed by atoms with van der Waals surface area (Å²) >= 11 is 1.33. The first-order valence-corrected chi connectivity index (χ1v) is 8.46. The number of aromatic nitrogens is 5. The number of hydrogen-bond donors (Lipinski definition) is 1. The standard InChI is InChI=1S/C17H14N6OS/c1-10-13(16(24)20-17-22-21-11(2)25-17)9-18-23(10)15-8-7-12-5-3-4-6-14(12)19-15/h3-9H,1-2H3,(H,20,22,24). The van der Waals surface area contributed by atoms with Gasteiger partial charge in [0.25, 0.3) is 5.91 Å². The Kier molecular flexibility index (Phi) is 3.73. The summed E-state index contributed by atoms with van der Waals surface area (Å²) in [6, 6.07) is 11.7. The van der Waals surface area contributed by atoms with E-state index in [4.69, 9.17) is 0 Å². The summed E-state index contributed by atoms with van der Waals surface area (Å²) in [4.78, 5) is 17.1. The second-order valence-corrected chi connectivity index (χ2v) is 6.68. The minimum absolute atomic E-state index is 0.263. The van der Waals surface area contributed by atoms with Crippen molar-refractivity contribution in [3.8, 4) is 5.82 Å². The molecular weight excluding hydrogens is 336 g/mol. The number of rotatable bonds is 3. The molecule has 0 unspecified atom stereocenters. The Hall–Kier alpha value is -3.13. The summed E-state index contributed by atoms with van der Waals surface area (Å²) in [5.74, 6) is 0.405. The van der Waals surface area contributed by atoms with E-state index in [-0.39, 0.29) is 5.91 Å². The molecule has 3 aromatic heterocycles. The number of nitrogens with one attached hydrogen (secondary N) is 1. The first kappa shape index (κ1) is 15.4. The van der Waals surface area contributed by atoms with Crippen LogP contribution in [-0.4, -0.2) is 30.9 Å². The highest BCUT2D eigenvalue weighted by Gasteiger charge is 2.17. The van der Waals surface area contributed by atoms with Crippen LogP contribution in [-0.2, 0) is 0 Å². The average molecular weight is 350 g/mol. The molecule has 0 radical (unpaired) electrons. The van der Waals surface area contributed by atoms with E-state index in [1.165, 1.54) is 17.5 Å². The molecular formula is C17H14N6OS. The van der Waals surface area contributed by atoms with Gasteiger partial charge in [0.1, 0.15) is 5.01 Å². The number of fused-ring (bicyclic) bond motifs is 1. The monoisotopic (exact) mass is 350 g/mol. The van der Waals surface area contributed by atoms with Gasteiger partial charge in [-0.15, -0.1) is 10.2 Å². The average Bonchev–Trinajstić information content (AvgIpc) is 3.20. The van der Waals surface area contributed by atoms with Gasteiger partial charge in [-0.05, 0) is 32.0 Å². The number of aryl methyl sites for hydroxylation is 1. The zero-order valence-corrected chi connectivity index (χ0v) is 14.4. The predicted molar refractivity (Wildman–Crippen MR) is 96.2 cm³/mol. The van der Waals surface area contributed by atoms with Crippen LogP contribution in [0.4, 0.5) is 5.13 Å². The van der Waals surface area contributed by atoms with E-state index < -0.39 is 0 Å². The normalized spacial score (nSPS) is 11.0. The zero-order chi connectivity index (χ0) is 17.4. The van der Waals surface area contributed by atoms with Gasteiger partial charge < -0.3 is 0 Å². The van der Waals surface area contributed by atoms with Gasteiger partial charge in [-0.3, -0.25) is 10.1 Å². The van der Waals surface area contributed by atoms with E-state index in [1.807, 2.05) is 50.2 Å². The lowest BCUT2D eigenvalue weighted by molar-refractivity contribution is 0.102. The third-order valence-corrected chi connectivity index (χ3v) is 4.56. The summed E-state index contributed by atoms with van der Waals surface area (Å²) < 4.78 is 1.66. The van der Waals surface area contributed by atoms with Gasteiger partial charge in [0.2, 0.25) is 5.13 Å². The van der Waals surface area contributed by atoms with E-state index in [1.54, 1.807) is 4.68 Å². The zero-order valence-electron chi connectivity index (χ0n) is 13.6. The Bertz CT molecular complexity index is 1080. The minimum atomic E-state index is -0.263. The number of pyridine rings is 1. The van der Waals surface area contributed by atoms with Gasteiger partial charge in [-0.2, -0.15) is 5.10 Å². The van der Waals surface area contributed by atoms with E-state index in [0.717, 1.165) is 15.9 Å². The van der Waals surface area contributed by atoms with Gasteiger partial charge in [-0.1, -0.05) is 29.5 Å². The van der Waals surface area contributed by atoms with E-state index in [0.29, 0.717) is 22.2 Å². The summed E-state index contributed by atoms with van der Waals surface area (Å²) in [6.45, 7) is 3.67. The van der Waals surface area contributed by atoms with Gasteiger partial charge in [-0.25, -0.2) is 9.67 Å². The van der Waals surface area contributed by atoms with E-state index in [9.17, 15) is 4.79 Å². The third kappa shape index (κ3) is 2.87. The van der Waals surface area contributed by atoms with Gasteiger partial charge in [0, 0.05) is 5.39 Å². The first-order valence-electron chi connectivity index (χ1n) is 7.64. The van der Waals surface area contributed by atoms with Gasteiger partial charge in [0.15, 0.2) is 5.82 Å². The second-order valence-electron chi connectivity index (χ2n) is 5.50. The first-order chi connectivity index (χ1) is 12.1. The lowest BCUT2D eigenvalue weighted by Crippen LogP contribution is -2.13. The fourth-order valence-corrected chi connectivity index (χ4v) is 3.14. The van der Waals surface area contributed by atoms with Crippen molar-refractivity contribution in [3.05, 3.63) is 58.9 Å². The molecule has 1 amide bonds. The number of carbonyl (C=O) groups excluding carboxylic acids is 1. The van der Waals surface area contributed by atoms with Crippen molar-refractivity contribution in [1.82, 2.24) is 25.0 Å². The molecule has 0 saturated carbocycles. The van der Waals surface area contributed by atoms with Crippen LogP contribution in [0.25, 0.3) is 16.7 Å². The summed E-state index contributed by atoms with van der Waals surface area (Å²) in [6.07, 6.45) is 1.54. The summed E-state index contributed by atoms with van der Waals surface area (Å²) in [7, 11) is 0. The molecule has 25 heavy (non-hydrogen) atoms. The third-order valence-electron chi connectivity index (χ3n) is 3.80. The molecule has 0 bridgehead atoms. The lowest BCUT2D eigenvalue weighted by atomic mass is 10.2. The smallest absolute Gasteiger partial charge is 0.260 e. The van der Waals surface area contributed by atoms with Crippen molar-refractivity contribution in [2.24, 2.45) is 0 Å². The molecule has 0 fully saturated rings. The summed E-state index contributed by atoms with van der Waals surface area (Å²) in [5, 5.41) is 17.2. The number of carbonyl (C=O) groups is 1. The van der Waals surface area contributed by atoms with Crippen molar-refractivity contribution in [3.63, 3.8) is 0 Å². The molecule has 1 N–H and O–H groups in total. The van der Waals surface area contributed by atoms with Gasteiger partial charge >= 0.3 is 0 Å². The fraction of sp³-hybridized carbons (Fsp3) is 0.118. The molecule has 0 spiro atoms. The highest BCUT2D eigenvalue weighted by Crippen LogP contribution is 2.19. The number of hydrogen-bond acceptors (Lipinski definition) is 6. The van der Waals surface area contributed by atoms with Crippen LogP contribution in [0.15, 0.2) is 42.6 Å². The number of nitrogens with zero attached hydrogens (tertiary/aromatic N) is 5. The van der Waals surface area contributed by atoms with Crippen LogP contribution in [0.3, 0.4) is 0 Å². The minimum Gasteiger partial charge on any atom is -0.296 e. The van der Waals surface area contributed by atoms with Crippen LogP contribution >= 0.6 is 11.3 Å². The largest absolute Gasteiger partial charge is 0.296 e. The van der Waals surface area contributed by atoms with Crippen molar-refractivity contribution < 1.29 is 4.79 Å². The SMILES string of the molecule is Cc1nnc(NC(=O)c2cnn(-c3ccc4ccccc4n3)c2C)s1. The van der Waals surface area contributed by atoms with E-state index in [2.05, 4.69) is 25.6 Å². The molecule has 3 heterocycles. The van der Waals surface area contributed by atoms with Gasteiger partial charge in [0.05, 0.1) is 23.0 Å². The Balaban J connectivity index is 1.66. The summed E-state index contributed by atoms with van der Waals surface area (Å²) in [5.41, 5.74) is 2.06. The molecule has 8 heteroatoms. The molecule has 4 aromatic rings. The highest BCUT2D eigenvalue weighted by atomic mass is 32.1. The fourth-order valence-electron chi connectivity index (χ4n) is 2.55. The predicted octanol–water partition coefficient (Wildman–Crippen LogP) is 3.14. The molecule has 4 rings (SSSR count). The molecule has 0 aliphatic heterocycles. The maximum Gasteiger partial charge on any atom is 0.260 e. The molecule has 0 aliphatic rings. The lowest BCUT2D eigenvalue weighted by Gasteiger charge is -2.06. The molecule has 0 saturated heterocycles. The van der Waals surface area contributed by atoms with Crippen molar-refractivity contribution in [1.29, 1.82) is 0 Å². The Morgan fingerprint density at radius 1 is 1.12 bits per heavy atom. The van der Waals surface area contributed by atoms with Crippen LogP contribution in [0, 0.1) is 13.8 Å². The second kappa shape index (κ2) is 6.06. The quantitative estimate of drug-likeness (QED) is 0.613. The van der Waals surface area contributed by atoms with Crippen molar-refractivity contribution >= 4 is 33.3 Å². The molecule has 0 aliphatic carbocycles. The molecule has 1 aromatic carbocycles. The van der Waals surface area contributed by atoms with Crippen LogP contribution in [0.1, 0.15) is 21.1 Å². The van der Waals surface area contributed by atoms with Crippen molar-refractivity contribution in [2.45, 2.75) is 13.8 Å². The van der Waals surface area contributed by atoms with Crippen molar-refractivity contribution in [2.75, 3.05) is 5.32 Å². The van der Waals surface area contributed by atoms with Crippen LogP contribution in [0.5, 0.6) is 0 Å². The van der Waals surface area contributed by atoms with E-state index >= 15 is 0 Å². The maximum atomic E-state index is 12.5. The Morgan fingerprint density at radius 3 is 2.76 bits per heavy atom. The molecule has 0 atom stereocenters. The number of anilines is 1. The molecule has 124 valence electrons. The number of amides is 1. The highest BCUT2D eigenvalue weighted by molar-refractivity contribution is 7.15. The maximum absolute atomic E-state index is 12.5. The van der Waals surface area contributed by atoms with Crippen LogP contribution < -0.4 is 5.32 Å². The number of benzene rings is 1. The number of para-hydroxylation sites is 1. The topological polar surface area (TPSA) is 85.6 Å². The van der Waals surface area contributed by atoms with Crippen LogP contribution in [0.2, 0.25) is 0 Å². The molecule has 7 nitrogen and oxygen atoms in total. The Morgan fingerprint density at radius 2 is 1.96 bits per heavy atom.